The molecule has 0 saturated heterocycles. The summed E-state index contributed by atoms with van der Waals surface area (Å²) in [6.07, 6.45) is 1.76. The molecule has 0 aliphatic carbocycles. The van der Waals surface area contributed by atoms with Gasteiger partial charge in [0.25, 0.3) is 0 Å². The van der Waals surface area contributed by atoms with E-state index < -0.39 is 0 Å². The smallest absolute Gasteiger partial charge is 0.234 e. The normalized spacial score (nSPS) is 10.5. The van der Waals surface area contributed by atoms with Crippen LogP contribution < -0.4 is 16.6 Å². The summed E-state index contributed by atoms with van der Waals surface area (Å²) in [6.45, 7) is 3.64. The van der Waals surface area contributed by atoms with Crippen molar-refractivity contribution in [3.8, 4) is 0 Å². The van der Waals surface area contributed by atoms with E-state index in [4.69, 9.17) is 5.84 Å². The quantitative estimate of drug-likeness (QED) is 0.484. The minimum Gasteiger partial charge on any atom is -0.355 e. The van der Waals surface area contributed by atoms with Crippen LogP contribution in [0.2, 0.25) is 0 Å². The number of amides is 1. The number of carbonyl (C=O) groups excluding carboxylic acids is 1. The van der Waals surface area contributed by atoms with E-state index in [1.165, 1.54) is 11.3 Å². The van der Waals surface area contributed by atoms with Gasteiger partial charge in [0.15, 0.2) is 5.13 Å². The van der Waals surface area contributed by atoms with Crippen molar-refractivity contribution in [1.82, 2.24) is 15.2 Å². The van der Waals surface area contributed by atoms with Gasteiger partial charge < -0.3 is 5.32 Å². The third kappa shape index (κ3) is 4.13. The zero-order valence-electron chi connectivity index (χ0n) is 9.49. The molecule has 1 amide bonds. The number of hydrogen-bond acceptors (Lipinski definition) is 6. The number of aromatic nitrogens is 1. The molecule has 0 bridgehead atoms. The van der Waals surface area contributed by atoms with Gasteiger partial charge in [0.1, 0.15) is 0 Å². The summed E-state index contributed by atoms with van der Waals surface area (Å²) in [7, 11) is 1.89. The maximum absolute atomic E-state index is 11.3. The number of likely N-dealkylation sites (N-methyl/N-ethyl adjacent to an activating group) is 2. The van der Waals surface area contributed by atoms with Crippen LogP contribution in [0.4, 0.5) is 5.13 Å². The van der Waals surface area contributed by atoms with Gasteiger partial charge in [-0.2, -0.15) is 0 Å². The van der Waals surface area contributed by atoms with Gasteiger partial charge in [-0.15, -0.1) is 0 Å². The monoisotopic (exact) mass is 243 g/mol. The molecule has 90 valence electrons. The SMILES string of the molecule is CCNC(=O)CN(C)Cc1cnc(NN)s1. The Kier molecular flexibility index (Phi) is 5.17. The first-order chi connectivity index (χ1) is 7.65. The van der Waals surface area contributed by atoms with Crippen LogP contribution >= 0.6 is 11.3 Å². The Morgan fingerprint density at radius 3 is 3.00 bits per heavy atom. The highest BCUT2D eigenvalue weighted by Gasteiger charge is 2.08. The van der Waals surface area contributed by atoms with E-state index in [2.05, 4.69) is 15.7 Å². The fourth-order valence-electron chi connectivity index (χ4n) is 1.27. The molecule has 0 radical (unpaired) electrons. The minimum absolute atomic E-state index is 0.0340. The largest absolute Gasteiger partial charge is 0.355 e. The molecule has 1 aromatic heterocycles. The second kappa shape index (κ2) is 6.41. The van der Waals surface area contributed by atoms with Crippen molar-refractivity contribution in [3.63, 3.8) is 0 Å². The topological polar surface area (TPSA) is 83.3 Å². The van der Waals surface area contributed by atoms with Crippen LogP contribution in [-0.2, 0) is 11.3 Å². The Balaban J connectivity index is 2.38. The first-order valence-corrected chi connectivity index (χ1v) is 5.84. The standard InChI is InChI=1S/C9H17N5OS/c1-3-11-8(15)6-14(2)5-7-4-12-9(13-10)16-7/h4H,3,5-6,10H2,1-2H3,(H,11,15)(H,12,13). The molecule has 7 heteroatoms. The predicted molar refractivity (Wildman–Crippen MR) is 64.9 cm³/mol. The molecule has 0 aromatic carbocycles. The third-order valence-corrected chi connectivity index (χ3v) is 2.80. The number of nitrogens with zero attached hydrogens (tertiary/aromatic N) is 2. The van der Waals surface area contributed by atoms with Crippen LogP contribution in [0, 0.1) is 0 Å². The Hall–Kier alpha value is -1.18. The van der Waals surface area contributed by atoms with E-state index in [0.29, 0.717) is 24.8 Å². The lowest BCUT2D eigenvalue weighted by Gasteiger charge is -2.14. The summed E-state index contributed by atoms with van der Waals surface area (Å²) in [5.74, 6) is 5.27. The van der Waals surface area contributed by atoms with Crippen LogP contribution in [0.3, 0.4) is 0 Å². The van der Waals surface area contributed by atoms with E-state index in [0.717, 1.165) is 4.88 Å². The molecule has 1 rings (SSSR count). The predicted octanol–water partition coefficient (Wildman–Crippen LogP) is -0.00340. The second-order valence-electron chi connectivity index (χ2n) is 3.40. The lowest BCUT2D eigenvalue weighted by atomic mass is 10.4. The fraction of sp³-hybridized carbons (Fsp3) is 0.556. The fourth-order valence-corrected chi connectivity index (χ4v) is 2.07. The highest BCUT2D eigenvalue weighted by Crippen LogP contribution is 2.17. The van der Waals surface area contributed by atoms with Crippen LogP contribution in [-0.4, -0.2) is 35.9 Å². The van der Waals surface area contributed by atoms with Gasteiger partial charge >= 0.3 is 0 Å². The average molecular weight is 243 g/mol. The van der Waals surface area contributed by atoms with Gasteiger partial charge in [0, 0.05) is 24.2 Å². The van der Waals surface area contributed by atoms with Gasteiger partial charge in [-0.25, -0.2) is 10.8 Å². The first-order valence-electron chi connectivity index (χ1n) is 5.02. The van der Waals surface area contributed by atoms with Crippen LogP contribution in [0.15, 0.2) is 6.20 Å². The Labute approximate surface area is 98.8 Å². The molecule has 6 nitrogen and oxygen atoms in total. The average Bonchev–Trinajstić information content (AvgIpc) is 2.65. The van der Waals surface area contributed by atoms with Crippen molar-refractivity contribution in [2.45, 2.75) is 13.5 Å². The zero-order valence-corrected chi connectivity index (χ0v) is 10.3. The van der Waals surface area contributed by atoms with E-state index in [9.17, 15) is 4.79 Å². The van der Waals surface area contributed by atoms with Crippen molar-refractivity contribution in [1.29, 1.82) is 0 Å². The number of nitrogens with one attached hydrogen (secondary N) is 2. The number of nitrogens with two attached hydrogens (primary N) is 1. The molecule has 0 atom stereocenters. The second-order valence-corrected chi connectivity index (χ2v) is 4.52. The van der Waals surface area contributed by atoms with Crippen molar-refractivity contribution >= 4 is 22.4 Å². The number of anilines is 1. The molecule has 0 fully saturated rings. The minimum atomic E-state index is 0.0340. The molecule has 0 saturated carbocycles. The highest BCUT2D eigenvalue weighted by molar-refractivity contribution is 7.15. The number of nitrogen functional groups attached to an aromatic ring is 1. The summed E-state index contributed by atoms with van der Waals surface area (Å²) in [5, 5.41) is 3.44. The van der Waals surface area contributed by atoms with Crippen LogP contribution in [0.5, 0.6) is 0 Å². The number of hydrazine groups is 1. The van der Waals surface area contributed by atoms with Gasteiger partial charge in [0.05, 0.1) is 6.54 Å². The van der Waals surface area contributed by atoms with E-state index in [1.54, 1.807) is 6.20 Å². The lowest BCUT2D eigenvalue weighted by Crippen LogP contribution is -2.34. The third-order valence-electron chi connectivity index (χ3n) is 1.89. The molecule has 1 heterocycles. The van der Waals surface area contributed by atoms with Gasteiger partial charge in [0.2, 0.25) is 5.91 Å². The molecule has 0 unspecified atom stereocenters. The molecule has 0 aliphatic heterocycles. The summed E-state index contributed by atoms with van der Waals surface area (Å²) in [6, 6.07) is 0. The molecule has 4 N–H and O–H groups in total. The molecular formula is C9H17N5OS. The Morgan fingerprint density at radius 1 is 1.69 bits per heavy atom. The Bertz CT molecular complexity index is 340. The van der Waals surface area contributed by atoms with E-state index in [-0.39, 0.29) is 5.91 Å². The summed E-state index contributed by atoms with van der Waals surface area (Å²) in [5.41, 5.74) is 2.49. The molecule has 16 heavy (non-hydrogen) atoms. The molecule has 1 aromatic rings. The number of thiazole rings is 1. The van der Waals surface area contributed by atoms with E-state index >= 15 is 0 Å². The van der Waals surface area contributed by atoms with Crippen molar-refractivity contribution in [3.05, 3.63) is 11.1 Å². The van der Waals surface area contributed by atoms with Gasteiger partial charge in [-0.1, -0.05) is 11.3 Å². The lowest BCUT2D eigenvalue weighted by molar-refractivity contribution is -0.121. The maximum atomic E-state index is 11.3. The molecule has 0 aliphatic rings. The summed E-state index contributed by atoms with van der Waals surface area (Å²) in [4.78, 5) is 18.4. The summed E-state index contributed by atoms with van der Waals surface area (Å²) >= 11 is 1.48. The van der Waals surface area contributed by atoms with Crippen LogP contribution in [0.25, 0.3) is 0 Å². The highest BCUT2D eigenvalue weighted by atomic mass is 32.1. The number of carbonyl (C=O) groups is 1. The van der Waals surface area contributed by atoms with Crippen molar-refractivity contribution < 1.29 is 4.79 Å². The van der Waals surface area contributed by atoms with Gasteiger partial charge in [-0.05, 0) is 14.0 Å². The van der Waals surface area contributed by atoms with Crippen molar-refractivity contribution in [2.75, 3.05) is 25.6 Å². The Morgan fingerprint density at radius 2 is 2.44 bits per heavy atom. The van der Waals surface area contributed by atoms with E-state index in [1.807, 2.05) is 18.9 Å². The zero-order chi connectivity index (χ0) is 12.0. The first kappa shape index (κ1) is 12.9. The van der Waals surface area contributed by atoms with Crippen LogP contribution in [0.1, 0.15) is 11.8 Å². The van der Waals surface area contributed by atoms with Gasteiger partial charge in [-0.3, -0.25) is 15.1 Å². The summed E-state index contributed by atoms with van der Waals surface area (Å²) < 4.78 is 0. The number of hydrogen-bond donors (Lipinski definition) is 3. The molecule has 0 spiro atoms. The number of rotatable bonds is 6. The maximum Gasteiger partial charge on any atom is 0.234 e. The van der Waals surface area contributed by atoms with Crippen molar-refractivity contribution in [2.24, 2.45) is 5.84 Å². The molecular weight excluding hydrogens is 226 g/mol.